The molecule has 0 aliphatic heterocycles. The lowest BCUT2D eigenvalue weighted by Gasteiger charge is -2.08. The number of esters is 1. The summed E-state index contributed by atoms with van der Waals surface area (Å²) >= 11 is 6.08. The molecule has 24 heavy (non-hydrogen) atoms. The van der Waals surface area contributed by atoms with E-state index in [1.54, 1.807) is 18.3 Å². The zero-order chi connectivity index (χ0) is 17.1. The molecule has 0 N–H and O–H groups in total. The van der Waals surface area contributed by atoms with Gasteiger partial charge in [-0.15, -0.1) is 5.10 Å². The van der Waals surface area contributed by atoms with E-state index >= 15 is 0 Å². The van der Waals surface area contributed by atoms with Crippen molar-refractivity contribution < 1.29 is 14.3 Å². The van der Waals surface area contributed by atoms with Crippen LogP contribution in [0.5, 0.6) is 5.75 Å². The van der Waals surface area contributed by atoms with E-state index in [2.05, 4.69) is 14.8 Å². The predicted octanol–water partition coefficient (Wildman–Crippen LogP) is 1.41. The molecule has 0 aliphatic rings. The first-order chi connectivity index (χ1) is 11.6. The van der Waals surface area contributed by atoms with Crippen LogP contribution in [0.3, 0.4) is 0 Å². The van der Waals surface area contributed by atoms with Crippen molar-refractivity contribution in [2.24, 2.45) is 0 Å². The topological polar surface area (TPSA) is 87.7 Å². The van der Waals surface area contributed by atoms with Crippen LogP contribution >= 0.6 is 11.6 Å². The summed E-state index contributed by atoms with van der Waals surface area (Å²) in [6.07, 6.45) is 4.56. The highest BCUT2D eigenvalue weighted by Gasteiger charge is 2.10. The molecule has 0 amide bonds. The Morgan fingerprint density at radius 3 is 2.92 bits per heavy atom. The Hall–Kier alpha value is -2.87. The molecule has 2 aromatic heterocycles. The summed E-state index contributed by atoms with van der Waals surface area (Å²) in [6.45, 7) is 0.435. The number of rotatable bonds is 5. The van der Waals surface area contributed by atoms with Gasteiger partial charge in [0.1, 0.15) is 12.4 Å². The van der Waals surface area contributed by atoms with E-state index in [0.29, 0.717) is 17.0 Å². The first-order valence-electron chi connectivity index (χ1n) is 7.00. The fourth-order valence-corrected chi connectivity index (χ4v) is 2.37. The molecule has 8 nitrogen and oxygen atoms in total. The third-order valence-corrected chi connectivity index (χ3v) is 3.60. The maximum absolute atomic E-state index is 12.1. The van der Waals surface area contributed by atoms with E-state index in [1.807, 2.05) is 0 Å². The largest absolute Gasteiger partial charge is 0.490 e. The van der Waals surface area contributed by atoms with Gasteiger partial charge >= 0.3 is 11.7 Å². The number of fused-ring (bicyclic) bond motifs is 1. The van der Waals surface area contributed by atoms with Crippen LogP contribution in [0.15, 0.2) is 41.6 Å². The molecule has 1 aromatic carbocycles. The summed E-state index contributed by atoms with van der Waals surface area (Å²) in [5, 5.41) is 4.43. The molecule has 0 radical (unpaired) electrons. The monoisotopic (exact) mass is 348 g/mol. The Kier molecular flexibility index (Phi) is 4.48. The van der Waals surface area contributed by atoms with E-state index < -0.39 is 5.97 Å². The minimum absolute atomic E-state index is 0.189. The van der Waals surface area contributed by atoms with Crippen LogP contribution in [0.2, 0.25) is 5.02 Å². The second kappa shape index (κ2) is 6.71. The summed E-state index contributed by atoms with van der Waals surface area (Å²) < 4.78 is 12.9. The Balaban J connectivity index is 1.69. The van der Waals surface area contributed by atoms with Gasteiger partial charge in [-0.1, -0.05) is 11.6 Å². The Morgan fingerprint density at radius 2 is 2.21 bits per heavy atom. The highest BCUT2D eigenvalue weighted by Crippen LogP contribution is 2.25. The van der Waals surface area contributed by atoms with Crippen molar-refractivity contribution in [2.45, 2.75) is 6.54 Å². The second-order valence-electron chi connectivity index (χ2n) is 4.80. The van der Waals surface area contributed by atoms with E-state index in [-0.39, 0.29) is 23.9 Å². The number of carbonyl (C=O) groups is 1. The number of hydrogen-bond donors (Lipinski definition) is 0. The van der Waals surface area contributed by atoms with E-state index in [1.165, 1.54) is 34.7 Å². The smallest absolute Gasteiger partial charge is 0.350 e. The van der Waals surface area contributed by atoms with Crippen LogP contribution in [0.4, 0.5) is 0 Å². The van der Waals surface area contributed by atoms with Gasteiger partial charge in [-0.05, 0) is 18.2 Å². The molecule has 3 rings (SSSR count). The van der Waals surface area contributed by atoms with Crippen molar-refractivity contribution in [1.29, 1.82) is 0 Å². The highest BCUT2D eigenvalue weighted by molar-refractivity contribution is 6.32. The Morgan fingerprint density at radius 1 is 1.38 bits per heavy atom. The summed E-state index contributed by atoms with van der Waals surface area (Å²) in [4.78, 5) is 27.4. The van der Waals surface area contributed by atoms with Crippen molar-refractivity contribution in [3.8, 4) is 5.75 Å². The van der Waals surface area contributed by atoms with Crippen LogP contribution in [-0.4, -0.2) is 38.9 Å². The number of carbonyl (C=O) groups excluding carboxylic acids is 1. The fourth-order valence-electron chi connectivity index (χ4n) is 2.13. The average molecular weight is 349 g/mol. The molecule has 0 fully saturated rings. The van der Waals surface area contributed by atoms with Gasteiger partial charge in [0, 0.05) is 12.4 Å². The standard InChI is InChI=1S/C15H13ClN4O4/c1-23-14(21)10-2-3-12(11(16)8-10)24-7-6-20-15(22)19-5-4-17-9-13(19)18-20/h2-5,8-9H,6-7H2,1H3. The maximum Gasteiger partial charge on any atom is 0.350 e. The molecule has 124 valence electrons. The molecule has 0 spiro atoms. The van der Waals surface area contributed by atoms with Crippen molar-refractivity contribution in [1.82, 2.24) is 19.2 Å². The number of ether oxygens (including phenoxy) is 2. The summed E-state index contributed by atoms with van der Waals surface area (Å²) in [7, 11) is 1.29. The van der Waals surface area contributed by atoms with Gasteiger partial charge in [-0.25, -0.2) is 18.7 Å². The summed E-state index contributed by atoms with van der Waals surface area (Å²) in [6, 6.07) is 4.59. The van der Waals surface area contributed by atoms with E-state index in [0.717, 1.165) is 0 Å². The molecule has 0 bridgehead atoms. The van der Waals surface area contributed by atoms with Crippen LogP contribution in [0.25, 0.3) is 5.65 Å². The van der Waals surface area contributed by atoms with Gasteiger partial charge in [-0.3, -0.25) is 4.98 Å². The minimum atomic E-state index is -0.478. The maximum atomic E-state index is 12.1. The van der Waals surface area contributed by atoms with Crippen LogP contribution in [0.1, 0.15) is 10.4 Å². The molecule has 0 atom stereocenters. The first-order valence-corrected chi connectivity index (χ1v) is 7.38. The van der Waals surface area contributed by atoms with Gasteiger partial charge in [-0.2, -0.15) is 0 Å². The van der Waals surface area contributed by atoms with Gasteiger partial charge in [0.2, 0.25) is 0 Å². The number of benzene rings is 1. The minimum Gasteiger partial charge on any atom is -0.490 e. The number of methoxy groups -OCH3 is 1. The predicted molar refractivity (Wildman–Crippen MR) is 85.5 cm³/mol. The molecule has 3 aromatic rings. The molecule has 0 unspecified atom stereocenters. The van der Waals surface area contributed by atoms with Crippen molar-refractivity contribution in [3.63, 3.8) is 0 Å². The Bertz CT molecular complexity index is 950. The zero-order valence-electron chi connectivity index (χ0n) is 12.7. The molecule has 0 aliphatic carbocycles. The van der Waals surface area contributed by atoms with Gasteiger partial charge in [0.25, 0.3) is 0 Å². The lowest BCUT2D eigenvalue weighted by atomic mass is 10.2. The molecule has 0 saturated carbocycles. The number of halogens is 1. The summed E-state index contributed by atoms with van der Waals surface area (Å²) in [5.41, 5.74) is 0.519. The van der Waals surface area contributed by atoms with Gasteiger partial charge in [0.15, 0.2) is 5.65 Å². The second-order valence-corrected chi connectivity index (χ2v) is 5.20. The third-order valence-electron chi connectivity index (χ3n) is 3.30. The SMILES string of the molecule is COC(=O)c1ccc(OCCn2nc3cnccn3c2=O)c(Cl)c1. The molecular formula is C15H13ClN4O4. The van der Waals surface area contributed by atoms with E-state index in [4.69, 9.17) is 16.3 Å². The van der Waals surface area contributed by atoms with Crippen LogP contribution in [0, 0.1) is 0 Å². The van der Waals surface area contributed by atoms with Gasteiger partial charge in [0.05, 0.1) is 30.4 Å². The van der Waals surface area contributed by atoms with Crippen molar-refractivity contribution in [2.75, 3.05) is 13.7 Å². The number of hydrogen-bond acceptors (Lipinski definition) is 6. The summed E-state index contributed by atoms with van der Waals surface area (Å²) in [5.74, 6) is -0.0730. The lowest BCUT2D eigenvalue weighted by molar-refractivity contribution is 0.0600. The van der Waals surface area contributed by atoms with Crippen LogP contribution in [-0.2, 0) is 11.3 Å². The number of nitrogens with zero attached hydrogens (tertiary/aromatic N) is 4. The molecular weight excluding hydrogens is 336 g/mol. The lowest BCUT2D eigenvalue weighted by Crippen LogP contribution is -2.24. The fraction of sp³-hybridized carbons (Fsp3) is 0.200. The third kappa shape index (κ3) is 3.09. The zero-order valence-corrected chi connectivity index (χ0v) is 13.4. The van der Waals surface area contributed by atoms with Crippen LogP contribution < -0.4 is 10.4 Å². The normalized spacial score (nSPS) is 10.8. The van der Waals surface area contributed by atoms with Crippen molar-refractivity contribution >= 4 is 23.2 Å². The Labute approximate surface area is 141 Å². The van der Waals surface area contributed by atoms with Gasteiger partial charge < -0.3 is 9.47 Å². The van der Waals surface area contributed by atoms with Crippen molar-refractivity contribution in [3.05, 3.63) is 57.9 Å². The first kappa shape index (κ1) is 16.0. The average Bonchev–Trinajstić information content (AvgIpc) is 2.92. The molecule has 9 heteroatoms. The number of aromatic nitrogens is 4. The van der Waals surface area contributed by atoms with E-state index in [9.17, 15) is 9.59 Å². The molecule has 2 heterocycles. The molecule has 0 saturated heterocycles. The quantitative estimate of drug-likeness (QED) is 0.648. The highest BCUT2D eigenvalue weighted by atomic mass is 35.5.